The molecule has 1 saturated heterocycles. The van der Waals surface area contributed by atoms with E-state index in [9.17, 15) is 9.59 Å². The second-order valence-electron chi connectivity index (χ2n) is 7.62. The Morgan fingerprint density at radius 2 is 2.03 bits per heavy atom. The monoisotopic (exact) mass is 414 g/mol. The molecule has 0 spiro atoms. The number of hydrogen-bond acceptors (Lipinski definition) is 5. The van der Waals surface area contributed by atoms with Crippen molar-refractivity contribution < 1.29 is 9.59 Å². The highest BCUT2D eigenvalue weighted by Gasteiger charge is 2.29. The molecule has 7 heteroatoms. The first-order valence-corrected chi connectivity index (χ1v) is 11.1. The maximum atomic E-state index is 13.1. The Hall–Kier alpha value is -2.25. The topological polar surface area (TPSA) is 65.5 Å². The SMILES string of the molecule is CCN(Cc1ccccc1)C(=O)C1CCCN(CC(=O)Nc2nc(C)c(C)s2)C1. The summed E-state index contributed by atoms with van der Waals surface area (Å²) in [6, 6.07) is 10.1. The number of nitrogens with one attached hydrogen (secondary N) is 1. The molecule has 0 aliphatic carbocycles. The van der Waals surface area contributed by atoms with Crippen LogP contribution in [0.2, 0.25) is 0 Å². The minimum atomic E-state index is -0.0662. The van der Waals surface area contributed by atoms with E-state index in [0.717, 1.165) is 35.5 Å². The number of carbonyl (C=O) groups excluding carboxylic acids is 2. The maximum Gasteiger partial charge on any atom is 0.240 e. The highest BCUT2D eigenvalue weighted by Crippen LogP contribution is 2.22. The van der Waals surface area contributed by atoms with Gasteiger partial charge < -0.3 is 10.2 Å². The van der Waals surface area contributed by atoms with Gasteiger partial charge in [0, 0.05) is 24.5 Å². The number of benzene rings is 1. The zero-order valence-electron chi connectivity index (χ0n) is 17.5. The van der Waals surface area contributed by atoms with Crippen molar-refractivity contribution in [2.75, 3.05) is 31.5 Å². The molecule has 1 aromatic carbocycles. The summed E-state index contributed by atoms with van der Waals surface area (Å²) in [7, 11) is 0. The number of aromatic nitrogens is 1. The van der Waals surface area contributed by atoms with E-state index >= 15 is 0 Å². The van der Waals surface area contributed by atoms with Crippen LogP contribution in [0.15, 0.2) is 30.3 Å². The van der Waals surface area contributed by atoms with Gasteiger partial charge in [-0.2, -0.15) is 0 Å². The first-order chi connectivity index (χ1) is 14.0. The van der Waals surface area contributed by atoms with E-state index in [2.05, 4.69) is 27.3 Å². The van der Waals surface area contributed by atoms with Crippen LogP contribution in [0, 0.1) is 19.8 Å². The van der Waals surface area contributed by atoms with E-state index in [1.54, 1.807) is 0 Å². The van der Waals surface area contributed by atoms with Gasteiger partial charge in [0.25, 0.3) is 0 Å². The van der Waals surface area contributed by atoms with Crippen molar-refractivity contribution in [3.8, 4) is 0 Å². The number of carbonyl (C=O) groups is 2. The first kappa shape index (κ1) is 21.5. The number of nitrogens with zero attached hydrogens (tertiary/aromatic N) is 3. The Labute approximate surface area is 176 Å². The molecule has 0 bridgehead atoms. The number of anilines is 1. The quantitative estimate of drug-likeness (QED) is 0.754. The summed E-state index contributed by atoms with van der Waals surface area (Å²) in [5, 5.41) is 3.54. The third kappa shape index (κ3) is 5.87. The van der Waals surface area contributed by atoms with Gasteiger partial charge >= 0.3 is 0 Å². The predicted molar refractivity (Wildman–Crippen MR) is 117 cm³/mol. The normalized spacial score (nSPS) is 17.1. The summed E-state index contributed by atoms with van der Waals surface area (Å²) in [5.41, 5.74) is 2.09. The molecule has 1 aromatic heterocycles. The Kier molecular flexibility index (Phi) is 7.39. The van der Waals surface area contributed by atoms with Crippen LogP contribution in [-0.4, -0.2) is 52.8 Å². The summed E-state index contributed by atoms with van der Waals surface area (Å²) in [6.07, 6.45) is 1.81. The highest BCUT2D eigenvalue weighted by molar-refractivity contribution is 7.15. The Morgan fingerprint density at radius 3 is 2.69 bits per heavy atom. The zero-order chi connectivity index (χ0) is 20.8. The molecule has 1 atom stereocenters. The van der Waals surface area contributed by atoms with Gasteiger partial charge in [-0.15, -0.1) is 11.3 Å². The van der Waals surface area contributed by atoms with E-state index in [1.165, 1.54) is 11.3 Å². The second kappa shape index (κ2) is 9.98. The molecule has 1 fully saturated rings. The third-order valence-corrected chi connectivity index (χ3v) is 6.39. The summed E-state index contributed by atoms with van der Waals surface area (Å²) < 4.78 is 0. The molecule has 29 heavy (non-hydrogen) atoms. The fourth-order valence-corrected chi connectivity index (χ4v) is 4.53. The molecule has 0 saturated carbocycles. The standard InChI is InChI=1S/C22H30N4O2S/c1-4-26(13-18-9-6-5-7-10-18)21(28)19-11-8-12-25(14-19)15-20(27)24-22-23-16(2)17(3)29-22/h5-7,9-10,19H,4,8,11-15H2,1-3H3,(H,23,24,27). The molecule has 0 radical (unpaired) electrons. The molecular formula is C22H30N4O2S. The lowest BCUT2D eigenvalue weighted by atomic mass is 9.96. The zero-order valence-corrected chi connectivity index (χ0v) is 18.3. The Bertz CT molecular complexity index is 817. The fraction of sp³-hybridized carbons (Fsp3) is 0.500. The van der Waals surface area contributed by atoms with Crippen LogP contribution in [0.5, 0.6) is 0 Å². The smallest absolute Gasteiger partial charge is 0.240 e. The molecule has 3 rings (SSSR count). The molecule has 156 valence electrons. The minimum absolute atomic E-state index is 0.0513. The molecule has 1 N–H and O–H groups in total. The second-order valence-corrected chi connectivity index (χ2v) is 8.82. The number of rotatable bonds is 7. The lowest BCUT2D eigenvalue weighted by Gasteiger charge is -2.34. The van der Waals surface area contributed by atoms with Gasteiger partial charge in [0.1, 0.15) is 0 Å². The van der Waals surface area contributed by atoms with Gasteiger partial charge in [-0.05, 0) is 45.7 Å². The molecule has 6 nitrogen and oxygen atoms in total. The van der Waals surface area contributed by atoms with Gasteiger partial charge in [0.2, 0.25) is 11.8 Å². The van der Waals surface area contributed by atoms with Crippen molar-refractivity contribution >= 4 is 28.3 Å². The summed E-state index contributed by atoms with van der Waals surface area (Å²) in [4.78, 5) is 35.0. The predicted octanol–water partition coefficient (Wildman–Crippen LogP) is 3.46. The van der Waals surface area contributed by atoms with Crippen LogP contribution < -0.4 is 5.32 Å². The number of thiazole rings is 1. The molecule has 2 amide bonds. The number of likely N-dealkylation sites (tertiary alicyclic amines) is 1. The largest absolute Gasteiger partial charge is 0.338 e. The van der Waals surface area contributed by atoms with Crippen molar-refractivity contribution in [3.63, 3.8) is 0 Å². The van der Waals surface area contributed by atoms with Crippen LogP contribution in [0.3, 0.4) is 0 Å². The van der Waals surface area contributed by atoms with Crippen molar-refractivity contribution in [1.29, 1.82) is 0 Å². The summed E-state index contributed by atoms with van der Waals surface area (Å²) in [6.45, 7) is 9.06. The number of hydrogen-bond donors (Lipinski definition) is 1. The number of amides is 2. The van der Waals surface area contributed by atoms with Crippen molar-refractivity contribution in [2.24, 2.45) is 5.92 Å². The molecule has 1 aliphatic heterocycles. The van der Waals surface area contributed by atoms with Crippen LogP contribution in [0.1, 0.15) is 35.9 Å². The van der Waals surface area contributed by atoms with Crippen molar-refractivity contribution in [1.82, 2.24) is 14.8 Å². The van der Waals surface area contributed by atoms with Crippen molar-refractivity contribution in [3.05, 3.63) is 46.5 Å². The summed E-state index contributed by atoms with van der Waals surface area (Å²) in [5.74, 6) is 0.0701. The van der Waals surface area contributed by atoms with Crippen LogP contribution in [0.4, 0.5) is 5.13 Å². The molecule has 1 unspecified atom stereocenters. The molecule has 1 aliphatic rings. The Morgan fingerprint density at radius 1 is 1.28 bits per heavy atom. The average Bonchev–Trinajstić information content (AvgIpc) is 3.03. The van der Waals surface area contributed by atoms with Gasteiger partial charge in [-0.1, -0.05) is 30.3 Å². The van der Waals surface area contributed by atoms with E-state index in [1.807, 2.05) is 43.9 Å². The van der Waals surface area contributed by atoms with E-state index in [-0.39, 0.29) is 17.7 Å². The molecule has 2 aromatic rings. The highest BCUT2D eigenvalue weighted by atomic mass is 32.1. The minimum Gasteiger partial charge on any atom is -0.338 e. The number of aryl methyl sites for hydroxylation is 2. The van der Waals surface area contributed by atoms with E-state index < -0.39 is 0 Å². The van der Waals surface area contributed by atoms with Gasteiger partial charge in [0.05, 0.1) is 18.2 Å². The Balaban J connectivity index is 1.54. The van der Waals surface area contributed by atoms with Gasteiger partial charge in [0.15, 0.2) is 5.13 Å². The first-order valence-electron chi connectivity index (χ1n) is 10.2. The lowest BCUT2D eigenvalue weighted by molar-refractivity contribution is -0.138. The van der Waals surface area contributed by atoms with Crippen molar-refractivity contribution in [2.45, 2.75) is 40.2 Å². The maximum absolute atomic E-state index is 13.1. The van der Waals surface area contributed by atoms with Gasteiger partial charge in [-0.3, -0.25) is 14.5 Å². The third-order valence-electron chi connectivity index (χ3n) is 5.41. The van der Waals surface area contributed by atoms with E-state index in [4.69, 9.17) is 0 Å². The van der Waals surface area contributed by atoms with Crippen LogP contribution in [-0.2, 0) is 16.1 Å². The fourth-order valence-electron chi connectivity index (χ4n) is 3.70. The summed E-state index contributed by atoms with van der Waals surface area (Å²) >= 11 is 1.50. The van der Waals surface area contributed by atoms with Crippen LogP contribution in [0.25, 0.3) is 0 Å². The molecular weight excluding hydrogens is 384 g/mol. The number of piperidine rings is 1. The van der Waals surface area contributed by atoms with E-state index in [0.29, 0.717) is 31.3 Å². The average molecular weight is 415 g/mol. The molecule has 2 heterocycles. The lowest BCUT2D eigenvalue weighted by Crippen LogP contribution is -2.46. The van der Waals surface area contributed by atoms with Gasteiger partial charge in [-0.25, -0.2) is 4.98 Å². The van der Waals surface area contributed by atoms with Crippen LogP contribution >= 0.6 is 11.3 Å².